The van der Waals surface area contributed by atoms with Gasteiger partial charge in [0.1, 0.15) is 6.04 Å². The molecule has 1 heterocycles. The Hall–Kier alpha value is -0.750. The molecule has 108 valence electrons. The number of carbonyl (C=O) groups is 2. The molecular weight excluding hydrogens is 266 g/mol. The van der Waals surface area contributed by atoms with Crippen molar-refractivity contribution < 1.29 is 19.4 Å². The SMILES string of the molecule is CCOC1CC(CC(=O)N2CCSCC2C(=O)O)C1. The van der Waals surface area contributed by atoms with Crippen molar-refractivity contribution in [2.24, 2.45) is 5.92 Å². The summed E-state index contributed by atoms with van der Waals surface area (Å²) in [6.07, 6.45) is 2.63. The first-order valence-corrected chi connectivity index (χ1v) is 7.99. The van der Waals surface area contributed by atoms with Crippen LogP contribution in [0.5, 0.6) is 0 Å². The van der Waals surface area contributed by atoms with E-state index in [0.717, 1.165) is 25.2 Å². The lowest BCUT2D eigenvalue weighted by Crippen LogP contribution is -2.51. The van der Waals surface area contributed by atoms with Crippen LogP contribution >= 0.6 is 11.8 Å². The van der Waals surface area contributed by atoms with E-state index < -0.39 is 12.0 Å². The molecule has 1 saturated carbocycles. The van der Waals surface area contributed by atoms with Gasteiger partial charge < -0.3 is 14.7 Å². The summed E-state index contributed by atoms with van der Waals surface area (Å²) in [5.74, 6) is 0.816. The molecule has 0 aromatic heterocycles. The largest absolute Gasteiger partial charge is 0.480 e. The van der Waals surface area contributed by atoms with Crippen LogP contribution in [0.25, 0.3) is 0 Å². The molecule has 5 nitrogen and oxygen atoms in total. The van der Waals surface area contributed by atoms with Gasteiger partial charge in [-0.1, -0.05) is 0 Å². The van der Waals surface area contributed by atoms with Gasteiger partial charge in [0.2, 0.25) is 5.91 Å². The van der Waals surface area contributed by atoms with E-state index in [1.54, 1.807) is 16.7 Å². The predicted octanol–water partition coefficient (Wildman–Crippen LogP) is 1.22. The molecular formula is C13H21NO4S. The maximum absolute atomic E-state index is 12.2. The van der Waals surface area contributed by atoms with Gasteiger partial charge in [-0.25, -0.2) is 4.79 Å². The fourth-order valence-electron chi connectivity index (χ4n) is 2.68. The zero-order chi connectivity index (χ0) is 13.8. The van der Waals surface area contributed by atoms with Gasteiger partial charge in [-0.3, -0.25) is 4.79 Å². The second-order valence-corrected chi connectivity index (χ2v) is 6.28. The Labute approximate surface area is 117 Å². The smallest absolute Gasteiger partial charge is 0.327 e. The van der Waals surface area contributed by atoms with Crippen LogP contribution < -0.4 is 0 Å². The minimum atomic E-state index is -0.888. The Morgan fingerprint density at radius 2 is 2.16 bits per heavy atom. The zero-order valence-corrected chi connectivity index (χ0v) is 12.0. The van der Waals surface area contributed by atoms with Gasteiger partial charge >= 0.3 is 5.97 Å². The number of aliphatic carboxylic acids is 1. The van der Waals surface area contributed by atoms with Crippen LogP contribution in [0.2, 0.25) is 0 Å². The van der Waals surface area contributed by atoms with E-state index in [9.17, 15) is 9.59 Å². The number of carboxylic acids is 1. The molecule has 1 amide bonds. The highest BCUT2D eigenvalue weighted by atomic mass is 32.2. The summed E-state index contributed by atoms with van der Waals surface area (Å²) >= 11 is 1.60. The molecule has 1 aliphatic carbocycles. The van der Waals surface area contributed by atoms with Crippen LogP contribution in [-0.4, -0.2) is 58.7 Å². The molecule has 1 atom stereocenters. The molecule has 1 saturated heterocycles. The molecule has 1 N–H and O–H groups in total. The molecule has 2 rings (SSSR count). The minimum Gasteiger partial charge on any atom is -0.480 e. The Kier molecular flexibility index (Phi) is 5.10. The summed E-state index contributed by atoms with van der Waals surface area (Å²) < 4.78 is 5.47. The summed E-state index contributed by atoms with van der Waals surface area (Å²) in [7, 11) is 0. The lowest BCUT2D eigenvalue weighted by Gasteiger charge is -2.38. The lowest BCUT2D eigenvalue weighted by molar-refractivity contribution is -0.150. The minimum absolute atomic E-state index is 0.00681. The van der Waals surface area contributed by atoms with Crippen molar-refractivity contribution in [2.75, 3.05) is 24.7 Å². The van der Waals surface area contributed by atoms with E-state index in [2.05, 4.69) is 0 Å². The van der Waals surface area contributed by atoms with E-state index in [-0.39, 0.29) is 5.91 Å². The standard InChI is InChI=1S/C13H21NO4S/c1-2-18-10-5-9(6-10)7-12(15)14-3-4-19-8-11(14)13(16)17/h9-11H,2-8H2,1H3,(H,16,17). The predicted molar refractivity (Wildman–Crippen MR) is 73.2 cm³/mol. The van der Waals surface area contributed by atoms with Crippen molar-refractivity contribution in [1.29, 1.82) is 0 Å². The Balaban J connectivity index is 1.80. The van der Waals surface area contributed by atoms with Gasteiger partial charge in [0.15, 0.2) is 0 Å². The highest BCUT2D eigenvalue weighted by Crippen LogP contribution is 2.33. The van der Waals surface area contributed by atoms with Crippen molar-refractivity contribution in [2.45, 2.75) is 38.3 Å². The van der Waals surface area contributed by atoms with Crippen LogP contribution in [-0.2, 0) is 14.3 Å². The van der Waals surface area contributed by atoms with Crippen LogP contribution in [0, 0.1) is 5.92 Å². The highest BCUT2D eigenvalue weighted by molar-refractivity contribution is 7.99. The fourth-order valence-corrected chi connectivity index (χ4v) is 3.72. The normalized spacial score (nSPS) is 30.8. The van der Waals surface area contributed by atoms with E-state index in [1.807, 2.05) is 6.92 Å². The molecule has 1 unspecified atom stereocenters. The molecule has 0 aromatic carbocycles. The highest BCUT2D eigenvalue weighted by Gasteiger charge is 2.36. The van der Waals surface area contributed by atoms with Gasteiger partial charge in [-0.2, -0.15) is 11.8 Å². The maximum Gasteiger partial charge on any atom is 0.327 e. The van der Waals surface area contributed by atoms with Crippen molar-refractivity contribution >= 4 is 23.6 Å². The summed E-state index contributed by atoms with van der Waals surface area (Å²) in [5, 5.41) is 9.15. The van der Waals surface area contributed by atoms with Crippen LogP contribution in [0.1, 0.15) is 26.2 Å². The van der Waals surface area contributed by atoms with Crippen LogP contribution in [0.3, 0.4) is 0 Å². The van der Waals surface area contributed by atoms with E-state index >= 15 is 0 Å². The maximum atomic E-state index is 12.2. The van der Waals surface area contributed by atoms with Crippen molar-refractivity contribution in [3.63, 3.8) is 0 Å². The second kappa shape index (κ2) is 6.61. The molecule has 0 bridgehead atoms. The van der Waals surface area contributed by atoms with Gasteiger partial charge in [0.25, 0.3) is 0 Å². The molecule has 2 aliphatic rings. The second-order valence-electron chi connectivity index (χ2n) is 5.13. The van der Waals surface area contributed by atoms with Gasteiger partial charge in [-0.15, -0.1) is 0 Å². The van der Waals surface area contributed by atoms with Crippen molar-refractivity contribution in [3.8, 4) is 0 Å². The zero-order valence-electron chi connectivity index (χ0n) is 11.2. The average Bonchev–Trinajstić information content (AvgIpc) is 2.36. The van der Waals surface area contributed by atoms with Gasteiger partial charge in [0.05, 0.1) is 6.10 Å². The molecule has 0 aromatic rings. The summed E-state index contributed by atoms with van der Waals surface area (Å²) in [6.45, 7) is 3.25. The number of amides is 1. The molecule has 2 fully saturated rings. The number of hydrogen-bond donors (Lipinski definition) is 1. The molecule has 19 heavy (non-hydrogen) atoms. The number of thioether (sulfide) groups is 1. The van der Waals surface area contributed by atoms with Crippen LogP contribution in [0.15, 0.2) is 0 Å². The number of ether oxygens (including phenoxy) is 1. The fraction of sp³-hybridized carbons (Fsp3) is 0.846. The number of carboxylic acid groups (broad SMARTS) is 1. The Morgan fingerprint density at radius 3 is 2.79 bits per heavy atom. The number of hydrogen-bond acceptors (Lipinski definition) is 4. The third-order valence-electron chi connectivity index (χ3n) is 3.79. The van der Waals surface area contributed by atoms with Gasteiger partial charge in [0, 0.05) is 31.1 Å². The molecule has 0 spiro atoms. The molecule has 6 heteroatoms. The Bertz CT molecular complexity index is 344. The quantitative estimate of drug-likeness (QED) is 0.823. The van der Waals surface area contributed by atoms with E-state index in [1.165, 1.54) is 0 Å². The first-order valence-electron chi connectivity index (χ1n) is 6.83. The molecule has 0 radical (unpaired) electrons. The third kappa shape index (κ3) is 3.63. The summed E-state index contributed by atoms with van der Waals surface area (Å²) in [4.78, 5) is 24.9. The topological polar surface area (TPSA) is 66.8 Å². The number of nitrogens with zero attached hydrogens (tertiary/aromatic N) is 1. The van der Waals surface area contributed by atoms with Crippen molar-refractivity contribution in [3.05, 3.63) is 0 Å². The van der Waals surface area contributed by atoms with Crippen LogP contribution in [0.4, 0.5) is 0 Å². The summed E-state index contributed by atoms with van der Waals surface area (Å²) in [6, 6.07) is -0.644. The number of carbonyl (C=O) groups excluding carboxylic acids is 1. The number of rotatable bonds is 5. The molecule has 1 aliphatic heterocycles. The van der Waals surface area contributed by atoms with E-state index in [0.29, 0.717) is 30.7 Å². The average molecular weight is 287 g/mol. The lowest BCUT2D eigenvalue weighted by atomic mass is 9.79. The van der Waals surface area contributed by atoms with Crippen molar-refractivity contribution in [1.82, 2.24) is 4.90 Å². The monoisotopic (exact) mass is 287 g/mol. The first-order chi connectivity index (χ1) is 9.11. The Morgan fingerprint density at radius 1 is 1.42 bits per heavy atom. The summed E-state index contributed by atoms with van der Waals surface area (Å²) in [5.41, 5.74) is 0. The third-order valence-corrected chi connectivity index (χ3v) is 4.81. The van der Waals surface area contributed by atoms with E-state index in [4.69, 9.17) is 9.84 Å². The first kappa shape index (κ1) is 14.7. The van der Waals surface area contributed by atoms with Gasteiger partial charge in [-0.05, 0) is 25.7 Å².